The van der Waals surface area contributed by atoms with Crippen molar-refractivity contribution in [2.45, 2.75) is 38.9 Å². The minimum absolute atomic E-state index is 0.102. The van der Waals surface area contributed by atoms with Gasteiger partial charge < -0.3 is 10.6 Å². The summed E-state index contributed by atoms with van der Waals surface area (Å²) in [6.07, 6.45) is -3.51. The van der Waals surface area contributed by atoms with E-state index < -0.39 is 12.7 Å². The molecule has 0 heterocycles. The highest BCUT2D eigenvalue weighted by atomic mass is 19.4. The van der Waals surface area contributed by atoms with Gasteiger partial charge in [0, 0.05) is 19.1 Å². The number of halogens is 3. The molecule has 0 aromatic heterocycles. The highest BCUT2D eigenvalue weighted by molar-refractivity contribution is 5.80. The van der Waals surface area contributed by atoms with Crippen LogP contribution in [0.5, 0.6) is 0 Å². The zero-order valence-corrected chi connectivity index (χ0v) is 12.4. The summed E-state index contributed by atoms with van der Waals surface area (Å²) in [5.41, 5.74) is -0.102. The Balaban J connectivity index is 3.85. The van der Waals surface area contributed by atoms with Gasteiger partial charge in [-0.2, -0.15) is 13.2 Å². The highest BCUT2D eigenvalue weighted by Crippen LogP contribution is 2.15. The second kappa shape index (κ2) is 7.57. The standard InChI is InChI=1S/C12H25F3N4/c1-11(2,3)18-10(16-4)17-7-6-8-19(5)9-12(13,14)15/h6-9H2,1-5H3,(H2,16,17,18). The first-order valence-electron chi connectivity index (χ1n) is 6.27. The van der Waals surface area contributed by atoms with Crippen LogP contribution in [0, 0.1) is 0 Å². The number of aliphatic imine (C=N–C) groups is 1. The summed E-state index contributed by atoms with van der Waals surface area (Å²) in [5.74, 6) is 0.658. The molecular weight excluding hydrogens is 257 g/mol. The van der Waals surface area contributed by atoms with Gasteiger partial charge in [0.15, 0.2) is 5.96 Å². The predicted molar refractivity (Wildman–Crippen MR) is 72.4 cm³/mol. The zero-order valence-electron chi connectivity index (χ0n) is 12.4. The second-order valence-corrected chi connectivity index (χ2v) is 5.58. The molecule has 0 bridgehead atoms. The molecule has 0 unspecified atom stereocenters. The van der Waals surface area contributed by atoms with Gasteiger partial charge in [0.25, 0.3) is 0 Å². The molecule has 0 atom stereocenters. The number of hydrogen-bond donors (Lipinski definition) is 2. The minimum atomic E-state index is -4.13. The van der Waals surface area contributed by atoms with Crippen LogP contribution in [0.25, 0.3) is 0 Å². The fraction of sp³-hybridized carbons (Fsp3) is 0.917. The Labute approximate surface area is 113 Å². The molecule has 19 heavy (non-hydrogen) atoms. The number of alkyl halides is 3. The highest BCUT2D eigenvalue weighted by Gasteiger charge is 2.28. The summed E-state index contributed by atoms with van der Waals surface area (Å²) in [6.45, 7) is 6.13. The topological polar surface area (TPSA) is 39.7 Å². The lowest BCUT2D eigenvalue weighted by atomic mass is 10.1. The average molecular weight is 282 g/mol. The second-order valence-electron chi connectivity index (χ2n) is 5.58. The summed E-state index contributed by atoms with van der Waals surface area (Å²) < 4.78 is 36.3. The van der Waals surface area contributed by atoms with Gasteiger partial charge in [-0.25, -0.2) is 0 Å². The zero-order chi connectivity index (χ0) is 15.1. The Hall–Kier alpha value is -0.980. The van der Waals surface area contributed by atoms with Crippen LogP contribution in [0.4, 0.5) is 13.2 Å². The van der Waals surface area contributed by atoms with Crippen molar-refractivity contribution in [3.63, 3.8) is 0 Å². The average Bonchev–Trinajstić information content (AvgIpc) is 2.18. The van der Waals surface area contributed by atoms with Crippen LogP contribution in [-0.2, 0) is 0 Å². The summed E-state index contributed by atoms with van der Waals surface area (Å²) in [6, 6.07) is 0. The fourth-order valence-electron chi connectivity index (χ4n) is 1.48. The van der Waals surface area contributed by atoms with Crippen LogP contribution in [0.1, 0.15) is 27.2 Å². The van der Waals surface area contributed by atoms with Crippen LogP contribution < -0.4 is 10.6 Å². The van der Waals surface area contributed by atoms with Gasteiger partial charge >= 0.3 is 6.18 Å². The Bertz CT molecular complexity index is 282. The van der Waals surface area contributed by atoms with Crippen molar-refractivity contribution in [1.29, 1.82) is 0 Å². The summed E-state index contributed by atoms with van der Waals surface area (Å²) in [5, 5.41) is 6.25. The van der Waals surface area contributed by atoms with Gasteiger partial charge in [-0.15, -0.1) is 0 Å². The van der Waals surface area contributed by atoms with Gasteiger partial charge in [-0.1, -0.05) is 0 Å². The van der Waals surface area contributed by atoms with E-state index >= 15 is 0 Å². The molecule has 0 rings (SSSR count). The lowest BCUT2D eigenvalue weighted by Crippen LogP contribution is -2.48. The van der Waals surface area contributed by atoms with Crippen LogP contribution >= 0.6 is 0 Å². The van der Waals surface area contributed by atoms with Crippen molar-refractivity contribution in [3.8, 4) is 0 Å². The molecule has 0 aromatic rings. The van der Waals surface area contributed by atoms with Gasteiger partial charge in [0.05, 0.1) is 6.54 Å². The van der Waals surface area contributed by atoms with Crippen molar-refractivity contribution in [2.75, 3.05) is 33.7 Å². The third-order valence-electron chi connectivity index (χ3n) is 2.18. The molecule has 0 aromatic carbocycles. The third kappa shape index (κ3) is 11.8. The van der Waals surface area contributed by atoms with Crippen LogP contribution in [0.3, 0.4) is 0 Å². The lowest BCUT2D eigenvalue weighted by Gasteiger charge is -2.24. The monoisotopic (exact) mass is 282 g/mol. The normalized spacial score (nSPS) is 13.8. The molecule has 4 nitrogen and oxygen atoms in total. The van der Waals surface area contributed by atoms with E-state index in [1.807, 2.05) is 20.8 Å². The summed E-state index contributed by atoms with van der Waals surface area (Å²) in [7, 11) is 3.13. The first kappa shape index (κ1) is 18.0. The minimum Gasteiger partial charge on any atom is -0.356 e. The number of nitrogens with one attached hydrogen (secondary N) is 2. The molecule has 114 valence electrons. The van der Waals surface area contributed by atoms with Crippen LogP contribution in [0.2, 0.25) is 0 Å². The SMILES string of the molecule is CN=C(NCCCN(C)CC(F)(F)F)NC(C)(C)C. The fourth-order valence-corrected chi connectivity index (χ4v) is 1.48. The van der Waals surface area contributed by atoms with Crippen molar-refractivity contribution < 1.29 is 13.2 Å². The molecule has 0 aliphatic rings. The van der Waals surface area contributed by atoms with E-state index in [9.17, 15) is 13.2 Å². The quantitative estimate of drug-likeness (QED) is 0.459. The molecule has 7 heteroatoms. The van der Waals surface area contributed by atoms with E-state index in [0.29, 0.717) is 25.5 Å². The van der Waals surface area contributed by atoms with Crippen LogP contribution in [0.15, 0.2) is 4.99 Å². The Morgan fingerprint density at radius 3 is 2.21 bits per heavy atom. The molecule has 0 spiro atoms. The van der Waals surface area contributed by atoms with Gasteiger partial charge in [-0.3, -0.25) is 9.89 Å². The maximum absolute atomic E-state index is 12.1. The largest absolute Gasteiger partial charge is 0.401 e. The maximum Gasteiger partial charge on any atom is 0.401 e. The predicted octanol–water partition coefficient (Wildman–Crippen LogP) is 1.83. The first-order valence-corrected chi connectivity index (χ1v) is 6.27. The molecule has 0 saturated heterocycles. The van der Waals surface area contributed by atoms with E-state index in [2.05, 4.69) is 15.6 Å². The Morgan fingerprint density at radius 2 is 1.79 bits per heavy atom. The van der Waals surface area contributed by atoms with E-state index in [0.717, 1.165) is 0 Å². The van der Waals surface area contributed by atoms with Crippen LogP contribution in [-0.4, -0.2) is 56.3 Å². The lowest BCUT2D eigenvalue weighted by molar-refractivity contribution is -0.143. The van der Waals surface area contributed by atoms with Crippen molar-refractivity contribution in [3.05, 3.63) is 0 Å². The van der Waals surface area contributed by atoms with E-state index in [1.165, 1.54) is 11.9 Å². The molecular formula is C12H25F3N4. The summed E-state index contributed by atoms with van der Waals surface area (Å²) >= 11 is 0. The number of hydrogen-bond acceptors (Lipinski definition) is 2. The van der Waals surface area contributed by atoms with E-state index in [-0.39, 0.29) is 5.54 Å². The number of nitrogens with zero attached hydrogens (tertiary/aromatic N) is 2. The number of rotatable bonds is 5. The molecule has 0 saturated carbocycles. The van der Waals surface area contributed by atoms with E-state index in [4.69, 9.17) is 0 Å². The molecule has 0 amide bonds. The van der Waals surface area contributed by atoms with Gasteiger partial charge in [0.2, 0.25) is 0 Å². The van der Waals surface area contributed by atoms with Gasteiger partial charge in [0.1, 0.15) is 0 Å². The van der Waals surface area contributed by atoms with Gasteiger partial charge in [-0.05, 0) is 40.8 Å². The third-order valence-corrected chi connectivity index (χ3v) is 2.18. The molecule has 0 fully saturated rings. The van der Waals surface area contributed by atoms with Crippen molar-refractivity contribution >= 4 is 5.96 Å². The first-order chi connectivity index (χ1) is 8.53. The molecule has 0 aliphatic heterocycles. The number of guanidine groups is 1. The molecule has 0 aliphatic carbocycles. The maximum atomic E-state index is 12.1. The van der Waals surface area contributed by atoms with E-state index in [1.54, 1.807) is 7.05 Å². The smallest absolute Gasteiger partial charge is 0.356 e. The van der Waals surface area contributed by atoms with Crippen molar-refractivity contribution in [1.82, 2.24) is 15.5 Å². The summed E-state index contributed by atoms with van der Waals surface area (Å²) in [4.78, 5) is 5.32. The Kier molecular flexibility index (Phi) is 7.18. The molecule has 2 N–H and O–H groups in total. The molecule has 0 radical (unpaired) electrons. The Morgan fingerprint density at radius 1 is 1.21 bits per heavy atom. The van der Waals surface area contributed by atoms with Crippen molar-refractivity contribution in [2.24, 2.45) is 4.99 Å².